The highest BCUT2D eigenvalue weighted by Gasteiger charge is 2.14. The van der Waals surface area contributed by atoms with Gasteiger partial charge in [0, 0.05) is 43.8 Å². The summed E-state index contributed by atoms with van der Waals surface area (Å²) in [5, 5.41) is 8.76. The molecule has 2 aromatic rings. The number of aliphatic imine (C=N–C) groups is 1. The summed E-state index contributed by atoms with van der Waals surface area (Å²) in [6.45, 7) is 8.60. The monoisotopic (exact) mass is 372 g/mol. The van der Waals surface area contributed by atoms with E-state index in [9.17, 15) is 0 Å². The number of rotatable bonds is 6. The van der Waals surface area contributed by atoms with Gasteiger partial charge in [-0.05, 0) is 37.0 Å². The largest absolute Gasteiger partial charge is 0.357 e. The van der Waals surface area contributed by atoms with E-state index in [4.69, 9.17) is 0 Å². The quantitative estimate of drug-likeness (QED) is 0.601. The van der Waals surface area contributed by atoms with Gasteiger partial charge in [-0.1, -0.05) is 12.1 Å². The van der Waals surface area contributed by atoms with Gasteiger partial charge in [0.15, 0.2) is 5.96 Å². The van der Waals surface area contributed by atoms with E-state index in [0.29, 0.717) is 6.54 Å². The number of hydrogen-bond acceptors (Lipinski definition) is 5. The summed E-state index contributed by atoms with van der Waals surface area (Å²) in [4.78, 5) is 15.3. The van der Waals surface area contributed by atoms with Crippen LogP contribution in [-0.4, -0.2) is 55.6 Å². The van der Waals surface area contributed by atoms with Gasteiger partial charge in [-0.25, -0.2) is 9.98 Å². The van der Waals surface area contributed by atoms with E-state index in [0.717, 1.165) is 56.6 Å². The number of hydrogen-bond donors (Lipinski definition) is 2. The summed E-state index contributed by atoms with van der Waals surface area (Å²) in [6, 6.07) is 8.44. The number of nitrogens with zero attached hydrogens (tertiary/aromatic N) is 4. The smallest absolute Gasteiger partial charge is 0.191 e. The Bertz CT molecular complexity index is 675. The summed E-state index contributed by atoms with van der Waals surface area (Å²) >= 11 is 1.75. The van der Waals surface area contributed by atoms with Crippen molar-refractivity contribution in [1.29, 1.82) is 0 Å². The molecule has 2 N–H and O–H groups in total. The average Bonchev–Trinajstić information content (AvgIpc) is 3.19. The Balaban J connectivity index is 1.55. The van der Waals surface area contributed by atoms with Gasteiger partial charge in [-0.2, -0.15) is 0 Å². The summed E-state index contributed by atoms with van der Waals surface area (Å²) in [7, 11) is 2.17. The lowest BCUT2D eigenvalue weighted by atomic mass is 10.2. The first-order valence-corrected chi connectivity index (χ1v) is 10.1. The van der Waals surface area contributed by atoms with Gasteiger partial charge in [0.05, 0.1) is 13.1 Å². The second-order valence-corrected chi connectivity index (χ2v) is 7.48. The fourth-order valence-electron chi connectivity index (χ4n) is 2.83. The van der Waals surface area contributed by atoms with Crippen LogP contribution in [0.3, 0.4) is 0 Å². The van der Waals surface area contributed by atoms with Crippen molar-refractivity contribution in [1.82, 2.24) is 20.5 Å². The van der Waals surface area contributed by atoms with Crippen molar-refractivity contribution in [3.05, 3.63) is 46.3 Å². The van der Waals surface area contributed by atoms with E-state index >= 15 is 0 Å². The minimum atomic E-state index is 0.621. The molecule has 3 rings (SSSR count). The number of pyridine rings is 1. The zero-order valence-corrected chi connectivity index (χ0v) is 16.4. The predicted molar refractivity (Wildman–Crippen MR) is 110 cm³/mol. The van der Waals surface area contributed by atoms with Crippen molar-refractivity contribution in [3.8, 4) is 0 Å². The zero-order valence-electron chi connectivity index (χ0n) is 15.6. The highest BCUT2D eigenvalue weighted by atomic mass is 32.1. The third-order valence-electron chi connectivity index (χ3n) is 4.41. The number of aromatic nitrogens is 1. The molecular formula is C19H28N6S. The molecular weight excluding hydrogens is 344 g/mol. The van der Waals surface area contributed by atoms with Crippen LogP contribution in [0.1, 0.15) is 17.4 Å². The Kier molecular flexibility index (Phi) is 6.85. The minimum Gasteiger partial charge on any atom is -0.357 e. The molecule has 1 saturated heterocycles. The number of guanidine groups is 1. The number of anilines is 1. The molecule has 0 aromatic carbocycles. The van der Waals surface area contributed by atoms with Crippen molar-refractivity contribution in [2.24, 2.45) is 4.99 Å². The number of nitrogens with one attached hydrogen (secondary N) is 2. The fourth-order valence-corrected chi connectivity index (χ4v) is 3.47. The van der Waals surface area contributed by atoms with Gasteiger partial charge in [0.25, 0.3) is 0 Å². The molecule has 0 amide bonds. The topological polar surface area (TPSA) is 55.8 Å². The van der Waals surface area contributed by atoms with Crippen LogP contribution >= 0.6 is 11.3 Å². The lowest BCUT2D eigenvalue weighted by Crippen LogP contribution is -2.44. The number of likely N-dealkylation sites (N-methyl/N-ethyl adjacent to an activating group) is 1. The second kappa shape index (κ2) is 9.54. The fraction of sp³-hybridized carbons (Fsp3) is 0.474. The standard InChI is InChI=1S/C19H28N6S/c1-3-20-19(23-15-17-5-4-12-26-17)22-14-16-6-7-18(21-13-16)25-10-8-24(2)9-11-25/h4-7,12-13H,3,8-11,14-15H2,1-2H3,(H2,20,22,23). The molecule has 0 atom stereocenters. The lowest BCUT2D eigenvalue weighted by molar-refractivity contribution is 0.312. The first-order chi connectivity index (χ1) is 12.7. The van der Waals surface area contributed by atoms with Gasteiger partial charge in [0.1, 0.15) is 5.82 Å². The van der Waals surface area contributed by atoms with Crippen molar-refractivity contribution in [2.75, 3.05) is 44.7 Å². The molecule has 0 saturated carbocycles. The van der Waals surface area contributed by atoms with E-state index in [1.807, 2.05) is 6.20 Å². The third-order valence-corrected chi connectivity index (χ3v) is 5.29. The summed E-state index contributed by atoms with van der Waals surface area (Å²) in [5.41, 5.74) is 1.12. The molecule has 1 aliphatic rings. The molecule has 2 aromatic heterocycles. The van der Waals surface area contributed by atoms with Crippen LogP contribution < -0.4 is 15.5 Å². The maximum atomic E-state index is 4.67. The number of thiophene rings is 1. The number of piperazine rings is 1. The van der Waals surface area contributed by atoms with Crippen molar-refractivity contribution in [3.63, 3.8) is 0 Å². The van der Waals surface area contributed by atoms with Gasteiger partial charge in [-0.3, -0.25) is 0 Å². The molecule has 6 nitrogen and oxygen atoms in total. The summed E-state index contributed by atoms with van der Waals surface area (Å²) < 4.78 is 0. The van der Waals surface area contributed by atoms with Crippen molar-refractivity contribution in [2.45, 2.75) is 20.0 Å². The molecule has 140 valence electrons. The molecule has 1 aliphatic heterocycles. The Morgan fingerprint density at radius 2 is 2.04 bits per heavy atom. The highest BCUT2D eigenvalue weighted by Crippen LogP contribution is 2.14. The predicted octanol–water partition coefficient (Wildman–Crippen LogP) is 2.15. The maximum Gasteiger partial charge on any atom is 0.191 e. The normalized spacial score (nSPS) is 15.9. The first-order valence-electron chi connectivity index (χ1n) is 9.17. The third kappa shape index (κ3) is 5.44. The van der Waals surface area contributed by atoms with E-state index in [-0.39, 0.29) is 0 Å². The van der Waals surface area contributed by atoms with Crippen molar-refractivity contribution >= 4 is 23.1 Å². The minimum absolute atomic E-state index is 0.621. The first kappa shape index (κ1) is 18.7. The Labute approximate surface area is 160 Å². The van der Waals surface area contributed by atoms with Crippen LogP contribution in [0.5, 0.6) is 0 Å². The average molecular weight is 373 g/mol. The van der Waals surface area contributed by atoms with Gasteiger partial charge in [-0.15, -0.1) is 11.3 Å². The highest BCUT2D eigenvalue weighted by molar-refractivity contribution is 7.09. The van der Waals surface area contributed by atoms with Gasteiger partial charge >= 0.3 is 0 Å². The molecule has 0 unspecified atom stereocenters. The molecule has 1 fully saturated rings. The van der Waals surface area contributed by atoms with E-state index in [1.54, 1.807) is 11.3 Å². The molecule has 3 heterocycles. The summed E-state index contributed by atoms with van der Waals surface area (Å²) in [6.07, 6.45) is 1.94. The molecule has 0 spiro atoms. The van der Waals surface area contributed by atoms with E-state index < -0.39 is 0 Å². The van der Waals surface area contributed by atoms with E-state index in [1.165, 1.54) is 4.88 Å². The van der Waals surface area contributed by atoms with Crippen LogP contribution in [0.4, 0.5) is 5.82 Å². The molecule has 0 aliphatic carbocycles. The molecule has 0 bridgehead atoms. The molecule has 0 radical (unpaired) electrons. The van der Waals surface area contributed by atoms with Crippen LogP contribution in [-0.2, 0) is 13.1 Å². The van der Waals surface area contributed by atoms with Crippen LogP contribution in [0.2, 0.25) is 0 Å². The molecule has 7 heteroatoms. The van der Waals surface area contributed by atoms with Gasteiger partial charge < -0.3 is 20.4 Å². The van der Waals surface area contributed by atoms with Crippen LogP contribution in [0.25, 0.3) is 0 Å². The Hall–Kier alpha value is -2.12. The second-order valence-electron chi connectivity index (χ2n) is 6.44. The summed E-state index contributed by atoms with van der Waals surface area (Å²) in [5.74, 6) is 1.90. The van der Waals surface area contributed by atoms with Crippen LogP contribution in [0, 0.1) is 0 Å². The van der Waals surface area contributed by atoms with Crippen molar-refractivity contribution < 1.29 is 0 Å². The Morgan fingerprint density at radius 3 is 2.69 bits per heavy atom. The van der Waals surface area contributed by atoms with Gasteiger partial charge in [0.2, 0.25) is 0 Å². The van der Waals surface area contributed by atoms with E-state index in [2.05, 4.69) is 74.0 Å². The van der Waals surface area contributed by atoms with Crippen LogP contribution in [0.15, 0.2) is 40.8 Å². The SMILES string of the molecule is CCNC(=NCc1ccc(N2CCN(C)CC2)nc1)NCc1cccs1. The maximum absolute atomic E-state index is 4.67. The zero-order chi connectivity index (χ0) is 18.2. The Morgan fingerprint density at radius 1 is 1.19 bits per heavy atom. The lowest BCUT2D eigenvalue weighted by Gasteiger charge is -2.33. The molecule has 26 heavy (non-hydrogen) atoms.